The number of rotatable bonds is 8. The van der Waals surface area contributed by atoms with Crippen molar-refractivity contribution in [2.75, 3.05) is 20.8 Å². The highest BCUT2D eigenvalue weighted by molar-refractivity contribution is 7.85. The van der Waals surface area contributed by atoms with Gasteiger partial charge in [0.2, 0.25) is 11.2 Å². The molecule has 0 radical (unpaired) electrons. The molecule has 11 heteroatoms. The van der Waals surface area contributed by atoms with E-state index >= 15 is 4.39 Å². The molecule has 0 bridgehead atoms. The first-order valence-electron chi connectivity index (χ1n) is 9.68. The minimum absolute atomic E-state index is 0.0510. The van der Waals surface area contributed by atoms with Gasteiger partial charge in [-0.05, 0) is 37.3 Å². The Morgan fingerprint density at radius 2 is 1.82 bits per heavy atom. The average molecular weight is 483 g/mol. The SMILES string of the molecule is CCOC(=O)c1cn(CC(F)S(=O)c2ccc(OC)cc2)c2c(OC)c(F)c(F)cc2c1=O. The molecular formula is C22H20F3NO6S. The number of nitrogens with zero attached hydrogens (tertiary/aromatic N) is 1. The zero-order valence-corrected chi connectivity index (χ0v) is 18.7. The minimum atomic E-state index is -2.17. The number of ether oxygens (including phenoxy) is 3. The molecule has 0 aliphatic carbocycles. The summed E-state index contributed by atoms with van der Waals surface area (Å²) in [5, 5.41) is -0.418. The Balaban J connectivity index is 2.15. The fraction of sp³-hybridized carbons (Fsp3) is 0.273. The summed E-state index contributed by atoms with van der Waals surface area (Å²) in [7, 11) is 0.323. The maximum Gasteiger partial charge on any atom is 0.343 e. The molecule has 176 valence electrons. The molecule has 0 aliphatic heterocycles. The third-order valence-electron chi connectivity index (χ3n) is 4.78. The number of alkyl halides is 1. The molecule has 0 spiro atoms. The van der Waals surface area contributed by atoms with Crippen LogP contribution in [0.25, 0.3) is 10.9 Å². The summed E-state index contributed by atoms with van der Waals surface area (Å²) >= 11 is 0. The fourth-order valence-corrected chi connectivity index (χ4v) is 4.24. The van der Waals surface area contributed by atoms with Crippen LogP contribution in [-0.2, 0) is 22.1 Å². The van der Waals surface area contributed by atoms with Gasteiger partial charge in [-0.2, -0.15) is 4.39 Å². The first-order chi connectivity index (χ1) is 15.7. The molecule has 0 saturated heterocycles. The molecule has 0 N–H and O–H groups in total. The molecule has 0 saturated carbocycles. The highest BCUT2D eigenvalue weighted by Gasteiger charge is 2.26. The second-order valence-electron chi connectivity index (χ2n) is 6.73. The average Bonchev–Trinajstić information content (AvgIpc) is 2.81. The maximum absolute atomic E-state index is 15.1. The van der Waals surface area contributed by atoms with Gasteiger partial charge in [0.25, 0.3) is 0 Å². The first kappa shape index (κ1) is 24.3. The lowest BCUT2D eigenvalue weighted by Gasteiger charge is -2.18. The van der Waals surface area contributed by atoms with Gasteiger partial charge in [0, 0.05) is 11.1 Å². The van der Waals surface area contributed by atoms with E-state index in [1.54, 1.807) is 0 Å². The van der Waals surface area contributed by atoms with Gasteiger partial charge in [0.1, 0.15) is 11.3 Å². The summed E-state index contributed by atoms with van der Waals surface area (Å²) < 4.78 is 72.1. The fourth-order valence-electron chi connectivity index (χ4n) is 3.24. The Hall–Kier alpha value is -3.34. The van der Waals surface area contributed by atoms with Gasteiger partial charge in [-0.25, -0.2) is 13.6 Å². The molecule has 3 aromatic rings. The van der Waals surface area contributed by atoms with Crippen LogP contribution in [0.3, 0.4) is 0 Å². The van der Waals surface area contributed by atoms with Crippen molar-refractivity contribution in [2.24, 2.45) is 0 Å². The summed E-state index contributed by atoms with van der Waals surface area (Å²) in [4.78, 5) is 25.2. The molecule has 3 rings (SSSR count). The van der Waals surface area contributed by atoms with E-state index in [0.717, 1.165) is 17.9 Å². The van der Waals surface area contributed by atoms with Crippen molar-refractivity contribution in [2.45, 2.75) is 23.9 Å². The number of fused-ring (bicyclic) bond motifs is 1. The van der Waals surface area contributed by atoms with Crippen LogP contribution in [0.4, 0.5) is 13.2 Å². The lowest BCUT2D eigenvalue weighted by atomic mass is 10.1. The number of esters is 1. The molecule has 7 nitrogen and oxygen atoms in total. The van der Waals surface area contributed by atoms with Crippen LogP contribution in [-0.4, -0.2) is 41.1 Å². The van der Waals surface area contributed by atoms with Gasteiger partial charge in [-0.1, -0.05) is 0 Å². The summed E-state index contributed by atoms with van der Waals surface area (Å²) in [5.41, 5.74) is -3.79. The number of carbonyl (C=O) groups excluding carboxylic acids is 1. The van der Waals surface area contributed by atoms with Gasteiger partial charge < -0.3 is 18.8 Å². The lowest BCUT2D eigenvalue weighted by Crippen LogP contribution is -2.25. The predicted octanol–water partition coefficient (Wildman–Crippen LogP) is 3.58. The van der Waals surface area contributed by atoms with E-state index in [2.05, 4.69) is 0 Å². The maximum atomic E-state index is 15.1. The molecule has 0 fully saturated rings. The van der Waals surface area contributed by atoms with Crippen molar-refractivity contribution in [1.82, 2.24) is 4.57 Å². The standard InChI is InChI=1S/C22H20F3NO6S/c1-4-32-22(28)15-10-26(11-17(24)33(29)13-7-5-12(30-2)6-8-13)19-14(20(15)27)9-16(23)18(25)21(19)31-3/h5-10,17H,4,11H2,1-3H3. The summed E-state index contributed by atoms with van der Waals surface area (Å²) in [5.74, 6) is -3.97. The van der Waals surface area contributed by atoms with E-state index in [4.69, 9.17) is 14.2 Å². The monoisotopic (exact) mass is 483 g/mol. The number of halogens is 3. The quantitative estimate of drug-likeness (QED) is 0.456. The Labute approximate surface area is 189 Å². The molecule has 1 heterocycles. The first-order valence-corrected chi connectivity index (χ1v) is 10.9. The molecule has 2 atom stereocenters. The second kappa shape index (κ2) is 10.1. The Morgan fingerprint density at radius 3 is 2.39 bits per heavy atom. The number of hydrogen-bond donors (Lipinski definition) is 0. The van der Waals surface area contributed by atoms with E-state index in [1.807, 2.05) is 0 Å². The van der Waals surface area contributed by atoms with Crippen molar-refractivity contribution in [3.63, 3.8) is 0 Å². The number of aromatic nitrogens is 1. The zero-order valence-electron chi connectivity index (χ0n) is 17.9. The summed E-state index contributed by atoms with van der Waals surface area (Å²) in [6, 6.07) is 6.46. The van der Waals surface area contributed by atoms with Crippen LogP contribution in [0.1, 0.15) is 17.3 Å². The van der Waals surface area contributed by atoms with Crippen molar-refractivity contribution < 1.29 is 36.4 Å². The molecule has 2 unspecified atom stereocenters. The lowest BCUT2D eigenvalue weighted by molar-refractivity contribution is 0.0524. The minimum Gasteiger partial charge on any atom is -0.497 e. The topological polar surface area (TPSA) is 83.8 Å². The number of methoxy groups -OCH3 is 2. The Morgan fingerprint density at radius 1 is 1.15 bits per heavy atom. The Bertz CT molecular complexity index is 1280. The zero-order chi connectivity index (χ0) is 24.3. The predicted molar refractivity (Wildman–Crippen MR) is 115 cm³/mol. The molecule has 0 amide bonds. The van der Waals surface area contributed by atoms with E-state index in [-0.39, 0.29) is 17.0 Å². The van der Waals surface area contributed by atoms with Crippen LogP contribution in [0.5, 0.6) is 11.5 Å². The van der Waals surface area contributed by atoms with Crippen LogP contribution < -0.4 is 14.9 Å². The van der Waals surface area contributed by atoms with Gasteiger partial charge in [-0.15, -0.1) is 0 Å². The van der Waals surface area contributed by atoms with Crippen molar-refractivity contribution >= 4 is 27.7 Å². The van der Waals surface area contributed by atoms with E-state index < -0.39 is 62.6 Å². The number of carbonyl (C=O) groups is 1. The Kier molecular flexibility index (Phi) is 7.42. The van der Waals surface area contributed by atoms with Crippen LogP contribution in [0.15, 0.2) is 46.2 Å². The molecule has 0 aliphatic rings. The van der Waals surface area contributed by atoms with Crippen molar-refractivity contribution in [3.05, 3.63) is 63.9 Å². The van der Waals surface area contributed by atoms with Crippen molar-refractivity contribution in [3.8, 4) is 11.5 Å². The highest BCUT2D eigenvalue weighted by Crippen LogP contribution is 2.31. The number of hydrogen-bond acceptors (Lipinski definition) is 6. The number of benzene rings is 2. The normalized spacial score (nSPS) is 12.9. The molecule has 33 heavy (non-hydrogen) atoms. The molecule has 2 aromatic carbocycles. The van der Waals surface area contributed by atoms with Gasteiger partial charge in [0.05, 0.1) is 49.1 Å². The van der Waals surface area contributed by atoms with Crippen LogP contribution >= 0.6 is 0 Å². The molecular weight excluding hydrogens is 463 g/mol. The summed E-state index contributed by atoms with van der Waals surface area (Å²) in [6.45, 7) is 0.805. The second-order valence-corrected chi connectivity index (χ2v) is 8.31. The highest BCUT2D eigenvalue weighted by atomic mass is 32.2. The summed E-state index contributed by atoms with van der Waals surface area (Å²) in [6.07, 6.45) is 0.959. The van der Waals surface area contributed by atoms with E-state index in [1.165, 1.54) is 38.3 Å². The smallest absolute Gasteiger partial charge is 0.343 e. The largest absolute Gasteiger partial charge is 0.497 e. The van der Waals surface area contributed by atoms with E-state index in [0.29, 0.717) is 11.8 Å². The van der Waals surface area contributed by atoms with Gasteiger partial charge in [-0.3, -0.25) is 9.00 Å². The third kappa shape index (κ3) is 4.72. The van der Waals surface area contributed by atoms with Crippen LogP contribution in [0, 0.1) is 11.6 Å². The van der Waals surface area contributed by atoms with Gasteiger partial charge >= 0.3 is 5.97 Å². The van der Waals surface area contributed by atoms with Crippen molar-refractivity contribution in [1.29, 1.82) is 0 Å². The van der Waals surface area contributed by atoms with Crippen LogP contribution in [0.2, 0.25) is 0 Å². The number of pyridine rings is 1. The van der Waals surface area contributed by atoms with E-state index in [9.17, 15) is 22.6 Å². The van der Waals surface area contributed by atoms with Gasteiger partial charge in [0.15, 0.2) is 17.1 Å². The third-order valence-corrected chi connectivity index (χ3v) is 6.13. The molecule has 1 aromatic heterocycles.